The summed E-state index contributed by atoms with van der Waals surface area (Å²) in [5.41, 5.74) is 0.969. The lowest BCUT2D eigenvalue weighted by Crippen LogP contribution is -2.26. The van der Waals surface area contributed by atoms with Crippen molar-refractivity contribution in [2.75, 3.05) is 38.1 Å². The summed E-state index contributed by atoms with van der Waals surface area (Å²) >= 11 is 0. The van der Waals surface area contributed by atoms with E-state index in [2.05, 4.69) is 21.6 Å². The van der Waals surface area contributed by atoms with E-state index in [0.717, 1.165) is 31.9 Å². The maximum Gasteiger partial charge on any atom is 0.573 e. The van der Waals surface area contributed by atoms with Crippen molar-refractivity contribution in [3.8, 4) is 5.75 Å². The predicted octanol–water partition coefficient (Wildman–Crippen LogP) is 2.58. The van der Waals surface area contributed by atoms with Crippen LogP contribution < -0.4 is 9.64 Å². The molecule has 0 aliphatic carbocycles. The average Bonchev–Trinajstić information content (AvgIpc) is 2.84. The zero-order valence-electron chi connectivity index (χ0n) is 11.2. The number of halogens is 3. The zero-order chi connectivity index (χ0) is 14.3. The van der Waals surface area contributed by atoms with Gasteiger partial charge in [0.1, 0.15) is 5.75 Å². The van der Waals surface area contributed by atoms with E-state index in [4.69, 9.17) is 0 Å². The summed E-state index contributed by atoms with van der Waals surface area (Å²) in [4.78, 5) is 4.59. The third-order valence-electron chi connectivity index (χ3n) is 4.10. The molecule has 0 radical (unpaired) electrons. The summed E-state index contributed by atoms with van der Waals surface area (Å²) < 4.78 is 40.2. The zero-order valence-corrected chi connectivity index (χ0v) is 11.2. The van der Waals surface area contributed by atoms with E-state index < -0.39 is 6.36 Å². The topological polar surface area (TPSA) is 15.7 Å². The van der Waals surface area contributed by atoms with Gasteiger partial charge in [-0.1, -0.05) is 0 Å². The fourth-order valence-corrected chi connectivity index (χ4v) is 3.30. The Hall–Kier alpha value is -1.43. The van der Waals surface area contributed by atoms with Crippen LogP contribution in [-0.2, 0) is 0 Å². The molecular weight excluding hydrogens is 269 g/mol. The Labute approximate surface area is 115 Å². The minimum atomic E-state index is -4.63. The van der Waals surface area contributed by atoms with E-state index in [1.165, 1.54) is 12.1 Å². The van der Waals surface area contributed by atoms with Crippen LogP contribution in [0.1, 0.15) is 0 Å². The van der Waals surface area contributed by atoms with Gasteiger partial charge in [-0.25, -0.2) is 0 Å². The van der Waals surface area contributed by atoms with Gasteiger partial charge in [-0.05, 0) is 43.1 Å². The van der Waals surface area contributed by atoms with Gasteiger partial charge >= 0.3 is 6.36 Å². The first-order valence-corrected chi connectivity index (χ1v) is 6.70. The molecule has 0 amide bonds. The third-order valence-corrected chi connectivity index (χ3v) is 4.10. The van der Waals surface area contributed by atoms with Gasteiger partial charge in [0.05, 0.1) is 0 Å². The molecular formula is C14H17F3N2O. The van der Waals surface area contributed by atoms with E-state index in [1.54, 1.807) is 12.1 Å². The molecule has 1 aromatic carbocycles. The molecule has 6 heteroatoms. The second-order valence-corrected chi connectivity index (χ2v) is 5.69. The van der Waals surface area contributed by atoms with Crippen LogP contribution in [-0.4, -0.2) is 44.5 Å². The maximum atomic E-state index is 12.1. The Morgan fingerprint density at radius 2 is 1.55 bits per heavy atom. The van der Waals surface area contributed by atoms with Gasteiger partial charge < -0.3 is 14.5 Å². The van der Waals surface area contributed by atoms with Gasteiger partial charge in [-0.15, -0.1) is 13.2 Å². The first-order chi connectivity index (χ1) is 9.40. The van der Waals surface area contributed by atoms with E-state index in [0.29, 0.717) is 11.8 Å². The van der Waals surface area contributed by atoms with Crippen LogP contribution >= 0.6 is 0 Å². The molecule has 0 N–H and O–H groups in total. The molecule has 110 valence electrons. The van der Waals surface area contributed by atoms with Crippen molar-refractivity contribution >= 4 is 5.69 Å². The molecule has 0 bridgehead atoms. The standard InChI is InChI=1S/C14H17F3N2O/c1-18-6-10-8-19(9-11(10)7-18)12-2-4-13(5-3-12)20-14(15,16)17/h2-5,10-11H,6-9H2,1H3/t10-,11-/m1/s1. The van der Waals surface area contributed by atoms with E-state index in [-0.39, 0.29) is 5.75 Å². The van der Waals surface area contributed by atoms with Gasteiger partial charge in [-0.3, -0.25) is 0 Å². The van der Waals surface area contributed by atoms with Crippen molar-refractivity contribution in [3.05, 3.63) is 24.3 Å². The van der Waals surface area contributed by atoms with Crippen LogP contribution in [0.5, 0.6) is 5.75 Å². The number of ether oxygens (including phenoxy) is 1. The second kappa shape index (κ2) is 4.84. The molecule has 2 saturated heterocycles. The van der Waals surface area contributed by atoms with Crippen molar-refractivity contribution in [1.82, 2.24) is 4.90 Å². The minimum absolute atomic E-state index is 0.166. The van der Waals surface area contributed by atoms with Gasteiger partial charge in [0.2, 0.25) is 0 Å². The van der Waals surface area contributed by atoms with Crippen LogP contribution in [0.3, 0.4) is 0 Å². The van der Waals surface area contributed by atoms with Crippen molar-refractivity contribution in [3.63, 3.8) is 0 Å². The van der Waals surface area contributed by atoms with Gasteiger partial charge in [0.25, 0.3) is 0 Å². The third kappa shape index (κ3) is 2.85. The molecule has 2 aliphatic rings. The lowest BCUT2D eigenvalue weighted by Gasteiger charge is -2.21. The molecule has 2 fully saturated rings. The lowest BCUT2D eigenvalue weighted by atomic mass is 10.0. The van der Waals surface area contributed by atoms with Crippen LogP contribution in [0, 0.1) is 11.8 Å². The Morgan fingerprint density at radius 3 is 2.05 bits per heavy atom. The van der Waals surface area contributed by atoms with Crippen LogP contribution in [0.15, 0.2) is 24.3 Å². The summed E-state index contributed by atoms with van der Waals surface area (Å²) in [5.74, 6) is 1.18. The Kier molecular flexibility index (Phi) is 3.28. The highest BCUT2D eigenvalue weighted by atomic mass is 19.4. The quantitative estimate of drug-likeness (QED) is 0.831. The molecule has 0 aromatic heterocycles. The molecule has 3 rings (SSSR count). The number of hydrogen-bond acceptors (Lipinski definition) is 3. The summed E-state index contributed by atoms with van der Waals surface area (Å²) in [6.07, 6.45) is -4.63. The summed E-state index contributed by atoms with van der Waals surface area (Å²) in [5, 5.41) is 0. The first-order valence-electron chi connectivity index (χ1n) is 6.70. The smallest absolute Gasteiger partial charge is 0.406 e. The molecule has 2 heterocycles. The van der Waals surface area contributed by atoms with E-state index in [9.17, 15) is 13.2 Å². The van der Waals surface area contributed by atoms with Crippen LogP contribution in [0.4, 0.5) is 18.9 Å². The number of alkyl halides is 3. The highest BCUT2D eigenvalue weighted by molar-refractivity contribution is 5.50. The van der Waals surface area contributed by atoms with Gasteiger partial charge in [-0.2, -0.15) is 0 Å². The van der Waals surface area contributed by atoms with Crippen molar-refractivity contribution in [2.24, 2.45) is 11.8 Å². The largest absolute Gasteiger partial charge is 0.573 e. The van der Waals surface area contributed by atoms with Crippen molar-refractivity contribution < 1.29 is 17.9 Å². The number of anilines is 1. The molecule has 0 unspecified atom stereocenters. The second-order valence-electron chi connectivity index (χ2n) is 5.69. The predicted molar refractivity (Wildman–Crippen MR) is 69.8 cm³/mol. The lowest BCUT2D eigenvalue weighted by molar-refractivity contribution is -0.274. The normalized spacial score (nSPS) is 26.9. The number of benzene rings is 1. The molecule has 3 nitrogen and oxygen atoms in total. The fourth-order valence-electron chi connectivity index (χ4n) is 3.30. The number of hydrogen-bond donors (Lipinski definition) is 0. The number of likely N-dealkylation sites (tertiary alicyclic amines) is 1. The summed E-state index contributed by atoms with van der Waals surface area (Å²) in [7, 11) is 2.13. The Bertz CT molecular complexity index is 460. The highest BCUT2D eigenvalue weighted by Crippen LogP contribution is 2.34. The average molecular weight is 286 g/mol. The maximum absolute atomic E-state index is 12.1. The van der Waals surface area contributed by atoms with Gasteiger partial charge in [0, 0.05) is 31.9 Å². The van der Waals surface area contributed by atoms with E-state index >= 15 is 0 Å². The molecule has 0 saturated carbocycles. The minimum Gasteiger partial charge on any atom is -0.406 e. The number of fused-ring (bicyclic) bond motifs is 1. The first kappa shape index (κ1) is 13.5. The number of rotatable bonds is 2. The summed E-state index contributed by atoms with van der Waals surface area (Å²) in [6.45, 7) is 4.18. The van der Waals surface area contributed by atoms with Crippen molar-refractivity contribution in [2.45, 2.75) is 6.36 Å². The van der Waals surface area contributed by atoms with Crippen molar-refractivity contribution in [1.29, 1.82) is 0 Å². The SMILES string of the molecule is CN1C[C@@H]2CN(c3ccc(OC(F)(F)F)cc3)C[C@H]2C1. The van der Waals surface area contributed by atoms with Gasteiger partial charge in [0.15, 0.2) is 0 Å². The molecule has 2 aliphatic heterocycles. The Balaban J connectivity index is 1.64. The highest BCUT2D eigenvalue weighted by Gasteiger charge is 2.38. The molecule has 1 aromatic rings. The molecule has 20 heavy (non-hydrogen) atoms. The summed E-state index contributed by atoms with van der Waals surface area (Å²) in [6, 6.07) is 6.16. The molecule has 0 spiro atoms. The van der Waals surface area contributed by atoms with Crippen LogP contribution in [0.25, 0.3) is 0 Å². The fraction of sp³-hybridized carbons (Fsp3) is 0.571. The Morgan fingerprint density at radius 1 is 1.00 bits per heavy atom. The monoisotopic (exact) mass is 286 g/mol. The van der Waals surface area contributed by atoms with E-state index in [1.807, 2.05) is 0 Å². The van der Waals surface area contributed by atoms with Crippen LogP contribution in [0.2, 0.25) is 0 Å². The number of nitrogens with zero attached hydrogens (tertiary/aromatic N) is 2. The molecule has 2 atom stereocenters.